The standard InChI is InChI=1S/C10H16ClN3/c1-7-9(10(11)14(2)13-7)6-12-8-4-3-5-8/h8,12H,3-6H2,1-2H3. The van der Waals surface area contributed by atoms with Crippen molar-refractivity contribution >= 4 is 11.6 Å². The smallest absolute Gasteiger partial charge is 0.131 e. The average Bonchev–Trinajstić information content (AvgIpc) is 2.28. The molecule has 1 heterocycles. The van der Waals surface area contributed by atoms with E-state index >= 15 is 0 Å². The van der Waals surface area contributed by atoms with Crippen LogP contribution in [0.4, 0.5) is 0 Å². The number of nitrogens with zero attached hydrogens (tertiary/aromatic N) is 2. The molecule has 0 aliphatic heterocycles. The molecule has 1 aliphatic carbocycles. The van der Waals surface area contributed by atoms with Gasteiger partial charge in [-0.3, -0.25) is 4.68 Å². The fraction of sp³-hybridized carbons (Fsp3) is 0.700. The van der Waals surface area contributed by atoms with Gasteiger partial charge in [-0.25, -0.2) is 0 Å². The molecule has 2 rings (SSSR count). The predicted molar refractivity (Wildman–Crippen MR) is 57.4 cm³/mol. The van der Waals surface area contributed by atoms with Crippen molar-refractivity contribution in [2.75, 3.05) is 0 Å². The number of hydrogen-bond acceptors (Lipinski definition) is 2. The third-order valence-electron chi connectivity index (χ3n) is 2.94. The van der Waals surface area contributed by atoms with Crippen LogP contribution in [0.5, 0.6) is 0 Å². The van der Waals surface area contributed by atoms with Crippen molar-refractivity contribution in [2.45, 2.75) is 38.8 Å². The Morgan fingerprint density at radius 2 is 2.29 bits per heavy atom. The summed E-state index contributed by atoms with van der Waals surface area (Å²) in [5.41, 5.74) is 2.17. The Morgan fingerprint density at radius 3 is 2.71 bits per heavy atom. The second kappa shape index (κ2) is 3.91. The van der Waals surface area contributed by atoms with Crippen LogP contribution in [0.1, 0.15) is 30.5 Å². The van der Waals surface area contributed by atoms with Crippen LogP contribution in [0.3, 0.4) is 0 Å². The number of rotatable bonds is 3. The van der Waals surface area contributed by atoms with E-state index in [4.69, 9.17) is 11.6 Å². The molecule has 78 valence electrons. The molecule has 1 saturated carbocycles. The molecule has 0 saturated heterocycles. The van der Waals surface area contributed by atoms with E-state index in [1.54, 1.807) is 4.68 Å². The fourth-order valence-electron chi connectivity index (χ4n) is 1.73. The number of hydrogen-bond donors (Lipinski definition) is 1. The van der Waals surface area contributed by atoms with E-state index in [1.165, 1.54) is 19.3 Å². The first-order chi connectivity index (χ1) is 6.68. The monoisotopic (exact) mass is 213 g/mol. The second-order valence-electron chi connectivity index (χ2n) is 3.99. The molecule has 3 nitrogen and oxygen atoms in total. The summed E-state index contributed by atoms with van der Waals surface area (Å²) >= 11 is 6.12. The number of nitrogens with one attached hydrogen (secondary N) is 1. The van der Waals surface area contributed by atoms with Gasteiger partial charge in [0.25, 0.3) is 0 Å². The van der Waals surface area contributed by atoms with Crippen molar-refractivity contribution in [3.8, 4) is 0 Å². The third kappa shape index (κ3) is 1.79. The molecule has 0 bridgehead atoms. The van der Waals surface area contributed by atoms with E-state index in [9.17, 15) is 0 Å². The molecule has 4 heteroatoms. The fourth-order valence-corrected chi connectivity index (χ4v) is 1.97. The summed E-state index contributed by atoms with van der Waals surface area (Å²) in [5, 5.41) is 8.53. The SMILES string of the molecule is Cc1nn(C)c(Cl)c1CNC1CCC1. The first-order valence-electron chi connectivity index (χ1n) is 5.10. The van der Waals surface area contributed by atoms with E-state index in [0.717, 1.165) is 23.0 Å². The summed E-state index contributed by atoms with van der Waals surface area (Å²) in [7, 11) is 1.88. The van der Waals surface area contributed by atoms with Crippen LogP contribution in [0.15, 0.2) is 0 Å². The highest BCUT2D eigenvalue weighted by Crippen LogP contribution is 2.22. The second-order valence-corrected chi connectivity index (χ2v) is 4.35. The summed E-state index contributed by atoms with van der Waals surface area (Å²) in [4.78, 5) is 0. The molecule has 0 spiro atoms. The van der Waals surface area contributed by atoms with E-state index in [-0.39, 0.29) is 0 Å². The Morgan fingerprint density at radius 1 is 1.57 bits per heavy atom. The summed E-state index contributed by atoms with van der Waals surface area (Å²) in [5.74, 6) is 0. The van der Waals surface area contributed by atoms with Gasteiger partial charge in [-0.1, -0.05) is 18.0 Å². The van der Waals surface area contributed by atoms with Gasteiger partial charge >= 0.3 is 0 Å². The Kier molecular flexibility index (Phi) is 2.79. The molecule has 0 amide bonds. The molecule has 1 aromatic rings. The predicted octanol–water partition coefficient (Wildman–Crippen LogP) is 2.02. The maximum Gasteiger partial charge on any atom is 0.131 e. The number of aryl methyl sites for hydroxylation is 2. The normalized spacial score (nSPS) is 17.1. The number of aromatic nitrogens is 2. The molecule has 1 aliphatic rings. The highest BCUT2D eigenvalue weighted by Gasteiger charge is 2.18. The maximum absolute atomic E-state index is 6.12. The lowest BCUT2D eigenvalue weighted by Crippen LogP contribution is -2.34. The first-order valence-corrected chi connectivity index (χ1v) is 5.47. The molecule has 1 fully saturated rings. The Bertz CT molecular complexity index is 328. The molecule has 0 aromatic carbocycles. The Hall–Kier alpha value is -0.540. The lowest BCUT2D eigenvalue weighted by molar-refractivity contribution is 0.338. The van der Waals surface area contributed by atoms with Gasteiger partial charge in [0.2, 0.25) is 0 Å². The van der Waals surface area contributed by atoms with E-state index in [0.29, 0.717) is 6.04 Å². The zero-order chi connectivity index (χ0) is 10.1. The summed E-state index contributed by atoms with van der Waals surface area (Å²) < 4.78 is 1.73. The van der Waals surface area contributed by atoms with Gasteiger partial charge in [0.15, 0.2) is 0 Å². The molecule has 0 radical (unpaired) electrons. The molecule has 1 N–H and O–H groups in total. The minimum absolute atomic E-state index is 0.700. The van der Waals surface area contributed by atoms with Gasteiger partial charge < -0.3 is 5.32 Å². The minimum Gasteiger partial charge on any atom is -0.310 e. The zero-order valence-corrected chi connectivity index (χ0v) is 9.43. The lowest BCUT2D eigenvalue weighted by Gasteiger charge is -2.26. The van der Waals surface area contributed by atoms with Gasteiger partial charge in [0.05, 0.1) is 5.69 Å². The van der Waals surface area contributed by atoms with Crippen molar-refractivity contribution in [2.24, 2.45) is 7.05 Å². The van der Waals surface area contributed by atoms with Crippen molar-refractivity contribution in [3.05, 3.63) is 16.4 Å². The summed E-state index contributed by atoms with van der Waals surface area (Å²) in [6, 6.07) is 0.700. The van der Waals surface area contributed by atoms with Crippen LogP contribution in [0.2, 0.25) is 5.15 Å². The Balaban J connectivity index is 2.00. The van der Waals surface area contributed by atoms with E-state index in [2.05, 4.69) is 10.4 Å². The molecule has 0 unspecified atom stereocenters. The lowest BCUT2D eigenvalue weighted by atomic mass is 9.93. The average molecular weight is 214 g/mol. The van der Waals surface area contributed by atoms with Crippen LogP contribution in [0.25, 0.3) is 0 Å². The zero-order valence-electron chi connectivity index (χ0n) is 8.68. The Labute approximate surface area is 89.4 Å². The van der Waals surface area contributed by atoms with E-state index < -0.39 is 0 Å². The molecular formula is C10H16ClN3. The summed E-state index contributed by atoms with van der Waals surface area (Å²) in [6.07, 6.45) is 3.96. The quantitative estimate of drug-likeness (QED) is 0.833. The summed E-state index contributed by atoms with van der Waals surface area (Å²) in [6.45, 7) is 2.85. The van der Waals surface area contributed by atoms with Gasteiger partial charge in [-0.15, -0.1) is 0 Å². The van der Waals surface area contributed by atoms with Crippen LogP contribution in [-0.2, 0) is 13.6 Å². The topological polar surface area (TPSA) is 29.9 Å². The first kappa shape index (κ1) is 9.99. The molecule has 1 aromatic heterocycles. The van der Waals surface area contributed by atoms with E-state index in [1.807, 2.05) is 14.0 Å². The van der Waals surface area contributed by atoms with Gasteiger partial charge in [0, 0.05) is 25.2 Å². The van der Waals surface area contributed by atoms with Gasteiger partial charge in [0.1, 0.15) is 5.15 Å². The maximum atomic E-state index is 6.12. The van der Waals surface area contributed by atoms with Gasteiger partial charge in [-0.2, -0.15) is 5.10 Å². The van der Waals surface area contributed by atoms with Gasteiger partial charge in [-0.05, 0) is 19.8 Å². The third-order valence-corrected chi connectivity index (χ3v) is 3.42. The molecule has 14 heavy (non-hydrogen) atoms. The highest BCUT2D eigenvalue weighted by molar-refractivity contribution is 6.30. The van der Waals surface area contributed by atoms with Crippen LogP contribution < -0.4 is 5.32 Å². The van der Waals surface area contributed by atoms with Crippen molar-refractivity contribution in [1.29, 1.82) is 0 Å². The van der Waals surface area contributed by atoms with Crippen LogP contribution in [0, 0.1) is 6.92 Å². The molecular weight excluding hydrogens is 198 g/mol. The van der Waals surface area contributed by atoms with Crippen molar-refractivity contribution in [1.82, 2.24) is 15.1 Å². The van der Waals surface area contributed by atoms with Crippen molar-refractivity contribution in [3.63, 3.8) is 0 Å². The van der Waals surface area contributed by atoms with Crippen molar-refractivity contribution < 1.29 is 0 Å². The highest BCUT2D eigenvalue weighted by atomic mass is 35.5. The molecule has 0 atom stereocenters. The van der Waals surface area contributed by atoms with Crippen LogP contribution >= 0.6 is 11.6 Å². The van der Waals surface area contributed by atoms with Crippen LogP contribution in [-0.4, -0.2) is 15.8 Å². The number of halogens is 1. The minimum atomic E-state index is 0.700. The largest absolute Gasteiger partial charge is 0.310 e.